The quantitative estimate of drug-likeness (QED) is 0.897. The fourth-order valence-corrected chi connectivity index (χ4v) is 1.59. The molecule has 0 fully saturated rings. The van der Waals surface area contributed by atoms with Gasteiger partial charge in [-0.2, -0.15) is 0 Å². The summed E-state index contributed by atoms with van der Waals surface area (Å²) >= 11 is 0. The van der Waals surface area contributed by atoms with Gasteiger partial charge >= 0.3 is 5.97 Å². The largest absolute Gasteiger partial charge is 0.481 e. The molecular formula is C14H13NO3. The predicted molar refractivity (Wildman–Crippen MR) is 66.8 cm³/mol. The number of aromatic nitrogens is 1. The summed E-state index contributed by atoms with van der Waals surface area (Å²) in [5.41, 5.74) is 1.67. The summed E-state index contributed by atoms with van der Waals surface area (Å²) in [5.74, 6) is 0.106. The van der Waals surface area contributed by atoms with Crippen LogP contribution in [0, 0.1) is 6.92 Å². The maximum atomic E-state index is 10.8. The zero-order valence-electron chi connectivity index (χ0n) is 9.96. The molecule has 2 aromatic rings. The number of hydrogen-bond donors (Lipinski definition) is 1. The third-order valence-corrected chi connectivity index (χ3v) is 2.42. The molecule has 1 aromatic carbocycles. The van der Waals surface area contributed by atoms with E-state index in [2.05, 4.69) is 4.98 Å². The average Bonchev–Trinajstić information content (AvgIpc) is 2.31. The van der Waals surface area contributed by atoms with Gasteiger partial charge in [-0.25, -0.2) is 4.98 Å². The van der Waals surface area contributed by atoms with Crippen molar-refractivity contribution in [1.29, 1.82) is 0 Å². The normalized spacial score (nSPS) is 10.1. The van der Waals surface area contributed by atoms with Crippen molar-refractivity contribution in [1.82, 2.24) is 4.98 Å². The average molecular weight is 243 g/mol. The lowest BCUT2D eigenvalue weighted by molar-refractivity contribution is -0.136. The van der Waals surface area contributed by atoms with Crippen molar-refractivity contribution >= 4 is 5.97 Å². The molecule has 1 aromatic heterocycles. The molecule has 0 saturated carbocycles. The maximum Gasteiger partial charge on any atom is 0.307 e. The molecule has 0 bridgehead atoms. The Hall–Kier alpha value is -2.36. The van der Waals surface area contributed by atoms with E-state index in [1.807, 2.05) is 13.0 Å². The van der Waals surface area contributed by atoms with Crippen LogP contribution in [0.1, 0.15) is 11.1 Å². The zero-order chi connectivity index (χ0) is 13.0. The van der Waals surface area contributed by atoms with Crippen LogP contribution in [0.4, 0.5) is 0 Å². The number of pyridine rings is 1. The molecule has 0 amide bonds. The third-order valence-electron chi connectivity index (χ3n) is 2.42. The second kappa shape index (κ2) is 5.31. The van der Waals surface area contributed by atoms with Crippen molar-refractivity contribution in [3.8, 4) is 11.6 Å². The molecule has 4 heteroatoms. The fraction of sp³-hybridized carbons (Fsp3) is 0.143. The second-order valence-corrected chi connectivity index (χ2v) is 3.95. The molecule has 0 spiro atoms. The Labute approximate surface area is 105 Å². The van der Waals surface area contributed by atoms with Gasteiger partial charge in [0.15, 0.2) is 0 Å². The lowest BCUT2D eigenvalue weighted by Gasteiger charge is -2.09. The minimum atomic E-state index is -0.886. The molecule has 4 nitrogen and oxygen atoms in total. The fourth-order valence-electron chi connectivity index (χ4n) is 1.59. The van der Waals surface area contributed by atoms with E-state index in [0.717, 1.165) is 5.56 Å². The Morgan fingerprint density at radius 1 is 1.33 bits per heavy atom. The molecule has 1 heterocycles. The van der Waals surface area contributed by atoms with Gasteiger partial charge in [0.05, 0.1) is 6.42 Å². The highest BCUT2D eigenvalue weighted by atomic mass is 16.5. The van der Waals surface area contributed by atoms with E-state index in [4.69, 9.17) is 9.84 Å². The summed E-state index contributed by atoms with van der Waals surface area (Å²) in [4.78, 5) is 14.8. The lowest BCUT2D eigenvalue weighted by atomic mass is 10.1. The maximum absolute atomic E-state index is 10.8. The Morgan fingerprint density at radius 2 is 2.11 bits per heavy atom. The van der Waals surface area contributed by atoms with Gasteiger partial charge in [0.25, 0.3) is 0 Å². The third kappa shape index (κ3) is 3.07. The van der Waals surface area contributed by atoms with Crippen LogP contribution >= 0.6 is 0 Å². The van der Waals surface area contributed by atoms with Crippen molar-refractivity contribution in [3.63, 3.8) is 0 Å². The molecule has 0 aliphatic carbocycles. The Balaban J connectivity index is 2.26. The molecule has 0 aliphatic rings. The number of hydrogen-bond acceptors (Lipinski definition) is 3. The first-order chi connectivity index (χ1) is 8.65. The number of ether oxygens (including phenoxy) is 1. The summed E-state index contributed by atoms with van der Waals surface area (Å²) in [6.07, 6.45) is 1.59. The molecule has 2 rings (SSSR count). The first-order valence-corrected chi connectivity index (χ1v) is 5.55. The van der Waals surface area contributed by atoms with E-state index in [9.17, 15) is 4.79 Å². The van der Waals surface area contributed by atoms with Crippen molar-refractivity contribution < 1.29 is 14.6 Å². The van der Waals surface area contributed by atoms with Gasteiger partial charge in [0, 0.05) is 17.8 Å². The van der Waals surface area contributed by atoms with Crippen LogP contribution in [-0.2, 0) is 11.2 Å². The molecule has 0 aliphatic heterocycles. The SMILES string of the molecule is Cc1ccnc(Oc2ccccc2CC(=O)O)c1. The number of benzene rings is 1. The van der Waals surface area contributed by atoms with E-state index in [1.165, 1.54) is 0 Å². The Morgan fingerprint density at radius 3 is 2.83 bits per heavy atom. The van der Waals surface area contributed by atoms with Crippen LogP contribution in [0.3, 0.4) is 0 Å². The van der Waals surface area contributed by atoms with E-state index in [1.54, 1.807) is 36.5 Å². The van der Waals surface area contributed by atoms with Gasteiger partial charge in [-0.3, -0.25) is 4.79 Å². The van der Waals surface area contributed by atoms with Crippen molar-refractivity contribution in [2.45, 2.75) is 13.3 Å². The molecule has 0 saturated heterocycles. The minimum absolute atomic E-state index is 0.0675. The van der Waals surface area contributed by atoms with Crippen LogP contribution in [0.2, 0.25) is 0 Å². The van der Waals surface area contributed by atoms with Gasteiger partial charge in [0.1, 0.15) is 5.75 Å². The first-order valence-electron chi connectivity index (χ1n) is 5.55. The van der Waals surface area contributed by atoms with Gasteiger partial charge in [-0.15, -0.1) is 0 Å². The number of rotatable bonds is 4. The number of aliphatic carboxylic acids is 1. The topological polar surface area (TPSA) is 59.4 Å². The number of nitrogens with zero attached hydrogens (tertiary/aromatic N) is 1. The van der Waals surface area contributed by atoms with Crippen LogP contribution < -0.4 is 4.74 Å². The molecule has 0 atom stereocenters. The highest BCUT2D eigenvalue weighted by Gasteiger charge is 2.08. The van der Waals surface area contributed by atoms with Crippen LogP contribution in [0.25, 0.3) is 0 Å². The van der Waals surface area contributed by atoms with Gasteiger partial charge < -0.3 is 9.84 Å². The second-order valence-electron chi connectivity index (χ2n) is 3.95. The number of aryl methyl sites for hydroxylation is 1. The van der Waals surface area contributed by atoms with Crippen molar-refractivity contribution in [3.05, 3.63) is 53.7 Å². The van der Waals surface area contributed by atoms with Crippen molar-refractivity contribution in [2.75, 3.05) is 0 Å². The molecule has 1 N–H and O–H groups in total. The highest BCUT2D eigenvalue weighted by molar-refractivity contribution is 5.71. The van der Waals surface area contributed by atoms with E-state index >= 15 is 0 Å². The van der Waals surface area contributed by atoms with Gasteiger partial charge in [0.2, 0.25) is 5.88 Å². The number of carboxylic acids is 1. The number of carbonyl (C=O) groups is 1. The van der Waals surface area contributed by atoms with Crippen LogP contribution in [0.15, 0.2) is 42.6 Å². The Bertz CT molecular complexity index is 566. The van der Waals surface area contributed by atoms with E-state index in [0.29, 0.717) is 17.2 Å². The van der Waals surface area contributed by atoms with Crippen molar-refractivity contribution in [2.24, 2.45) is 0 Å². The molecule has 0 radical (unpaired) electrons. The first kappa shape index (κ1) is 12.1. The summed E-state index contributed by atoms with van der Waals surface area (Å²) < 4.78 is 5.62. The van der Waals surface area contributed by atoms with Crippen LogP contribution in [0.5, 0.6) is 11.6 Å². The number of para-hydroxylation sites is 1. The Kier molecular flexibility index (Phi) is 3.57. The molecule has 92 valence electrons. The number of carboxylic acid groups (broad SMARTS) is 1. The zero-order valence-corrected chi connectivity index (χ0v) is 9.96. The summed E-state index contributed by atoms with van der Waals surface area (Å²) in [6.45, 7) is 1.94. The predicted octanol–water partition coefficient (Wildman–Crippen LogP) is 2.81. The monoisotopic (exact) mass is 243 g/mol. The molecule has 0 unspecified atom stereocenters. The highest BCUT2D eigenvalue weighted by Crippen LogP contribution is 2.24. The van der Waals surface area contributed by atoms with Gasteiger partial charge in [-0.05, 0) is 24.6 Å². The molecular weight excluding hydrogens is 230 g/mol. The summed E-state index contributed by atoms with van der Waals surface area (Å²) in [7, 11) is 0. The van der Waals surface area contributed by atoms with Gasteiger partial charge in [-0.1, -0.05) is 18.2 Å². The van der Waals surface area contributed by atoms with E-state index in [-0.39, 0.29) is 6.42 Å². The van der Waals surface area contributed by atoms with Crippen LogP contribution in [-0.4, -0.2) is 16.1 Å². The minimum Gasteiger partial charge on any atom is -0.481 e. The van der Waals surface area contributed by atoms with E-state index < -0.39 is 5.97 Å². The smallest absolute Gasteiger partial charge is 0.307 e. The standard InChI is InChI=1S/C14H13NO3/c1-10-6-7-15-13(8-10)18-12-5-3-2-4-11(12)9-14(16)17/h2-8H,9H2,1H3,(H,16,17). The molecule has 18 heavy (non-hydrogen) atoms. The lowest BCUT2D eigenvalue weighted by Crippen LogP contribution is -2.02. The summed E-state index contributed by atoms with van der Waals surface area (Å²) in [5, 5.41) is 8.83. The summed E-state index contributed by atoms with van der Waals surface area (Å²) in [6, 6.07) is 10.7.